The van der Waals surface area contributed by atoms with Gasteiger partial charge in [0, 0.05) is 12.6 Å². The van der Waals surface area contributed by atoms with E-state index in [2.05, 4.69) is 56.4 Å². The number of rotatable bonds is 7. The highest BCUT2D eigenvalue weighted by Gasteiger charge is 2.44. The van der Waals surface area contributed by atoms with Gasteiger partial charge in [-0.2, -0.15) is 0 Å². The smallest absolute Gasteiger partial charge is 0.00421 e. The van der Waals surface area contributed by atoms with E-state index in [1.54, 1.807) is 0 Å². The minimum Gasteiger partial charge on any atom is -0.314 e. The van der Waals surface area contributed by atoms with Crippen molar-refractivity contribution in [3.05, 3.63) is 35.9 Å². The molecule has 0 amide bonds. The molecular formula is C17H27N. The van der Waals surface area contributed by atoms with Gasteiger partial charge in [0.2, 0.25) is 0 Å². The van der Waals surface area contributed by atoms with Crippen LogP contribution in [0, 0.1) is 11.3 Å². The van der Waals surface area contributed by atoms with Crippen molar-refractivity contribution in [1.82, 2.24) is 5.32 Å². The van der Waals surface area contributed by atoms with Crippen LogP contribution in [0.2, 0.25) is 0 Å². The van der Waals surface area contributed by atoms with E-state index in [4.69, 9.17) is 0 Å². The molecule has 0 aliphatic heterocycles. The summed E-state index contributed by atoms with van der Waals surface area (Å²) in [6, 6.07) is 11.4. The fourth-order valence-electron chi connectivity index (χ4n) is 2.63. The molecule has 0 bridgehead atoms. The quantitative estimate of drug-likeness (QED) is 0.764. The van der Waals surface area contributed by atoms with Crippen LogP contribution in [-0.4, -0.2) is 12.6 Å². The molecule has 0 heterocycles. The summed E-state index contributed by atoms with van der Waals surface area (Å²) < 4.78 is 0. The maximum atomic E-state index is 3.74. The Balaban J connectivity index is 1.68. The van der Waals surface area contributed by atoms with Crippen LogP contribution in [-0.2, 0) is 6.42 Å². The number of benzene rings is 1. The van der Waals surface area contributed by atoms with E-state index in [0.717, 1.165) is 5.92 Å². The van der Waals surface area contributed by atoms with Gasteiger partial charge in [-0.15, -0.1) is 0 Å². The zero-order valence-electron chi connectivity index (χ0n) is 12.1. The molecule has 1 atom stereocenters. The van der Waals surface area contributed by atoms with Crippen molar-refractivity contribution in [2.24, 2.45) is 11.3 Å². The Bertz CT molecular complexity index is 351. The van der Waals surface area contributed by atoms with E-state index in [1.807, 2.05) is 0 Å². The Labute approximate surface area is 112 Å². The summed E-state index contributed by atoms with van der Waals surface area (Å²) in [7, 11) is 0. The fraction of sp³-hybridized carbons (Fsp3) is 0.647. The van der Waals surface area contributed by atoms with Crippen molar-refractivity contribution >= 4 is 0 Å². The standard InChI is InChI=1S/C17H27N/c1-14(2)17(11-12-17)13-18-15(3)9-10-16-7-5-4-6-8-16/h4-8,14-15,18H,9-13H2,1-3H3. The van der Waals surface area contributed by atoms with Crippen molar-refractivity contribution < 1.29 is 0 Å². The highest BCUT2D eigenvalue weighted by atomic mass is 14.9. The number of hydrogen-bond donors (Lipinski definition) is 1. The van der Waals surface area contributed by atoms with Crippen molar-refractivity contribution in [2.45, 2.75) is 52.5 Å². The van der Waals surface area contributed by atoms with E-state index < -0.39 is 0 Å². The van der Waals surface area contributed by atoms with Gasteiger partial charge >= 0.3 is 0 Å². The van der Waals surface area contributed by atoms with Gasteiger partial charge < -0.3 is 5.32 Å². The molecule has 1 N–H and O–H groups in total. The lowest BCUT2D eigenvalue weighted by Gasteiger charge is -2.23. The van der Waals surface area contributed by atoms with Crippen LogP contribution >= 0.6 is 0 Å². The second kappa shape index (κ2) is 5.88. The average molecular weight is 245 g/mol. The second-order valence-electron chi connectivity index (χ2n) is 6.32. The lowest BCUT2D eigenvalue weighted by Crippen LogP contribution is -2.34. The zero-order valence-corrected chi connectivity index (χ0v) is 12.1. The average Bonchev–Trinajstić information content (AvgIpc) is 3.16. The normalized spacial score (nSPS) is 18.9. The maximum absolute atomic E-state index is 3.74. The molecule has 1 aliphatic rings. The molecule has 0 radical (unpaired) electrons. The topological polar surface area (TPSA) is 12.0 Å². The predicted octanol–water partition coefficient (Wildman–Crippen LogP) is 4.03. The molecule has 2 rings (SSSR count). The highest BCUT2D eigenvalue weighted by Crippen LogP contribution is 2.51. The molecule has 0 saturated heterocycles. The van der Waals surface area contributed by atoms with Gasteiger partial charge in [-0.1, -0.05) is 44.2 Å². The molecule has 1 unspecified atom stereocenters. The summed E-state index contributed by atoms with van der Waals surface area (Å²) in [5.41, 5.74) is 2.08. The molecule has 1 heteroatoms. The van der Waals surface area contributed by atoms with Gasteiger partial charge in [-0.3, -0.25) is 0 Å². The minimum absolute atomic E-state index is 0.626. The van der Waals surface area contributed by atoms with Crippen LogP contribution in [0.15, 0.2) is 30.3 Å². The van der Waals surface area contributed by atoms with Gasteiger partial charge in [-0.25, -0.2) is 0 Å². The number of aryl methyl sites for hydroxylation is 1. The Morgan fingerprint density at radius 1 is 1.11 bits per heavy atom. The molecule has 1 nitrogen and oxygen atoms in total. The SMILES string of the molecule is CC(CCc1ccccc1)NCC1(C(C)C)CC1. The number of hydrogen-bond acceptors (Lipinski definition) is 1. The second-order valence-corrected chi connectivity index (χ2v) is 6.32. The Morgan fingerprint density at radius 2 is 1.78 bits per heavy atom. The fourth-order valence-corrected chi connectivity index (χ4v) is 2.63. The summed E-state index contributed by atoms with van der Waals surface area (Å²) in [6.07, 6.45) is 5.26. The van der Waals surface area contributed by atoms with Crippen LogP contribution in [0.3, 0.4) is 0 Å². The zero-order chi connectivity index (χ0) is 13.0. The van der Waals surface area contributed by atoms with Gasteiger partial charge in [0.05, 0.1) is 0 Å². The molecule has 100 valence electrons. The third-order valence-electron chi connectivity index (χ3n) is 4.63. The van der Waals surface area contributed by atoms with E-state index >= 15 is 0 Å². The van der Waals surface area contributed by atoms with Gasteiger partial charge in [0.1, 0.15) is 0 Å². The van der Waals surface area contributed by atoms with Crippen molar-refractivity contribution in [1.29, 1.82) is 0 Å². The molecule has 1 aromatic carbocycles. The third-order valence-corrected chi connectivity index (χ3v) is 4.63. The van der Waals surface area contributed by atoms with E-state index in [9.17, 15) is 0 Å². The summed E-state index contributed by atoms with van der Waals surface area (Å²) in [5, 5.41) is 3.74. The first kappa shape index (κ1) is 13.6. The number of nitrogens with one attached hydrogen (secondary N) is 1. The van der Waals surface area contributed by atoms with E-state index in [-0.39, 0.29) is 0 Å². The Kier molecular flexibility index (Phi) is 4.45. The first-order valence-corrected chi connectivity index (χ1v) is 7.40. The lowest BCUT2D eigenvalue weighted by molar-refractivity contribution is 0.320. The van der Waals surface area contributed by atoms with Gasteiger partial charge in [-0.05, 0) is 49.5 Å². The molecular weight excluding hydrogens is 218 g/mol. The van der Waals surface area contributed by atoms with E-state index in [1.165, 1.54) is 37.8 Å². The van der Waals surface area contributed by atoms with Crippen LogP contribution in [0.1, 0.15) is 45.6 Å². The Morgan fingerprint density at radius 3 is 2.33 bits per heavy atom. The summed E-state index contributed by atoms with van der Waals surface area (Å²) in [5.74, 6) is 0.825. The van der Waals surface area contributed by atoms with Crippen molar-refractivity contribution in [2.75, 3.05) is 6.54 Å². The van der Waals surface area contributed by atoms with Crippen molar-refractivity contribution in [3.8, 4) is 0 Å². The highest BCUT2D eigenvalue weighted by molar-refractivity contribution is 5.14. The maximum Gasteiger partial charge on any atom is 0.00421 e. The summed E-state index contributed by atoms with van der Waals surface area (Å²) in [4.78, 5) is 0. The van der Waals surface area contributed by atoms with E-state index in [0.29, 0.717) is 11.5 Å². The molecule has 0 spiro atoms. The van der Waals surface area contributed by atoms with Gasteiger partial charge in [0.25, 0.3) is 0 Å². The molecule has 1 aliphatic carbocycles. The third kappa shape index (κ3) is 3.58. The summed E-state index contributed by atoms with van der Waals surface area (Å²) in [6.45, 7) is 8.26. The van der Waals surface area contributed by atoms with Crippen molar-refractivity contribution in [3.63, 3.8) is 0 Å². The van der Waals surface area contributed by atoms with Crippen LogP contribution in [0.25, 0.3) is 0 Å². The predicted molar refractivity (Wildman–Crippen MR) is 78.7 cm³/mol. The van der Waals surface area contributed by atoms with Crippen LogP contribution < -0.4 is 5.32 Å². The molecule has 0 aromatic heterocycles. The Hall–Kier alpha value is -0.820. The monoisotopic (exact) mass is 245 g/mol. The lowest BCUT2D eigenvalue weighted by atomic mass is 9.92. The largest absolute Gasteiger partial charge is 0.314 e. The van der Waals surface area contributed by atoms with Crippen LogP contribution in [0.4, 0.5) is 0 Å². The molecule has 18 heavy (non-hydrogen) atoms. The molecule has 1 fully saturated rings. The molecule has 1 saturated carbocycles. The first-order valence-electron chi connectivity index (χ1n) is 7.40. The van der Waals surface area contributed by atoms with Crippen LogP contribution in [0.5, 0.6) is 0 Å². The molecule has 1 aromatic rings. The van der Waals surface area contributed by atoms with Gasteiger partial charge in [0.15, 0.2) is 0 Å². The minimum atomic E-state index is 0.626. The first-order chi connectivity index (χ1) is 8.62. The summed E-state index contributed by atoms with van der Waals surface area (Å²) >= 11 is 0.